The second kappa shape index (κ2) is 3.64. The zero-order chi connectivity index (χ0) is 10.1. The molecule has 76 valence electrons. The number of carbonyl (C=O) groups is 1. The van der Waals surface area contributed by atoms with E-state index in [2.05, 4.69) is 5.43 Å². The summed E-state index contributed by atoms with van der Waals surface area (Å²) in [6, 6.07) is 0.00690. The molecule has 0 aromatic carbocycles. The van der Waals surface area contributed by atoms with Crippen molar-refractivity contribution >= 4 is 5.91 Å². The van der Waals surface area contributed by atoms with Crippen LogP contribution in [0.5, 0.6) is 0 Å². The van der Waals surface area contributed by atoms with Crippen LogP contribution in [0.4, 0.5) is 0 Å². The number of carbonyl (C=O) groups excluding carboxylic acids is 1. The molecule has 0 aromatic rings. The molecule has 0 aromatic heterocycles. The van der Waals surface area contributed by atoms with Crippen LogP contribution in [0.2, 0.25) is 0 Å². The number of amides is 1. The summed E-state index contributed by atoms with van der Waals surface area (Å²) in [7, 11) is 3.61. The number of hydrogen-bond acceptors (Lipinski definition) is 3. The fourth-order valence-electron chi connectivity index (χ4n) is 1.81. The summed E-state index contributed by atoms with van der Waals surface area (Å²) in [6.45, 7) is 1.95. The Hall–Kier alpha value is -0.610. The molecule has 0 radical (unpaired) electrons. The van der Waals surface area contributed by atoms with E-state index in [9.17, 15) is 4.79 Å². The van der Waals surface area contributed by atoms with Gasteiger partial charge in [-0.3, -0.25) is 10.2 Å². The Balaban J connectivity index is 2.63. The van der Waals surface area contributed by atoms with Crippen molar-refractivity contribution < 1.29 is 4.79 Å². The molecule has 0 heterocycles. The van der Waals surface area contributed by atoms with Crippen LogP contribution in [0.25, 0.3) is 0 Å². The first kappa shape index (κ1) is 10.5. The van der Waals surface area contributed by atoms with Crippen LogP contribution < -0.4 is 11.2 Å². The van der Waals surface area contributed by atoms with Crippen molar-refractivity contribution in [1.82, 2.24) is 10.4 Å². The van der Waals surface area contributed by atoms with E-state index in [4.69, 9.17) is 5.73 Å². The fraction of sp³-hybridized carbons (Fsp3) is 0.889. The summed E-state index contributed by atoms with van der Waals surface area (Å²) < 4.78 is 0. The molecule has 0 spiro atoms. The Morgan fingerprint density at radius 3 is 2.62 bits per heavy atom. The fourth-order valence-corrected chi connectivity index (χ4v) is 1.81. The molecular weight excluding hydrogens is 166 g/mol. The quantitative estimate of drug-likeness (QED) is 0.600. The Labute approximate surface area is 79.4 Å². The number of hydrogen-bond donors (Lipinski definition) is 2. The minimum atomic E-state index is -0.371. The summed E-state index contributed by atoms with van der Waals surface area (Å²) in [5, 5.41) is 1.67. The molecule has 0 saturated heterocycles. The lowest BCUT2D eigenvalue weighted by atomic mass is 9.84. The van der Waals surface area contributed by atoms with Gasteiger partial charge in [0, 0.05) is 20.1 Å². The average Bonchev–Trinajstić information content (AvgIpc) is 2.32. The molecule has 1 aliphatic carbocycles. The van der Waals surface area contributed by atoms with E-state index in [-0.39, 0.29) is 17.4 Å². The van der Waals surface area contributed by atoms with Gasteiger partial charge in [-0.25, -0.2) is 5.01 Å². The zero-order valence-corrected chi connectivity index (χ0v) is 8.63. The van der Waals surface area contributed by atoms with Crippen LogP contribution in [0.3, 0.4) is 0 Å². The number of nitrogens with one attached hydrogen (secondary N) is 1. The van der Waals surface area contributed by atoms with Gasteiger partial charge >= 0.3 is 0 Å². The zero-order valence-electron chi connectivity index (χ0n) is 8.63. The van der Waals surface area contributed by atoms with Gasteiger partial charge in [0.25, 0.3) is 0 Å². The maximum atomic E-state index is 11.8. The Morgan fingerprint density at radius 2 is 2.23 bits per heavy atom. The second-order valence-corrected chi connectivity index (χ2v) is 4.25. The van der Waals surface area contributed by atoms with E-state index >= 15 is 0 Å². The van der Waals surface area contributed by atoms with Gasteiger partial charge < -0.3 is 5.73 Å². The van der Waals surface area contributed by atoms with Gasteiger partial charge in [0.1, 0.15) is 0 Å². The van der Waals surface area contributed by atoms with Crippen LogP contribution in [0.15, 0.2) is 0 Å². The van der Waals surface area contributed by atoms with Crippen molar-refractivity contribution in [1.29, 1.82) is 0 Å². The smallest absolute Gasteiger partial charge is 0.241 e. The minimum absolute atomic E-state index is 0.00690. The lowest BCUT2D eigenvalue weighted by molar-refractivity contribution is -0.134. The Morgan fingerprint density at radius 1 is 1.62 bits per heavy atom. The third kappa shape index (κ3) is 2.00. The normalized spacial score (nSPS) is 33.8. The van der Waals surface area contributed by atoms with Crippen molar-refractivity contribution in [3.8, 4) is 0 Å². The van der Waals surface area contributed by atoms with Crippen LogP contribution in [-0.2, 0) is 4.79 Å². The second-order valence-electron chi connectivity index (χ2n) is 4.25. The maximum absolute atomic E-state index is 11.8. The van der Waals surface area contributed by atoms with E-state index in [1.165, 1.54) is 0 Å². The van der Waals surface area contributed by atoms with Crippen LogP contribution >= 0.6 is 0 Å². The topological polar surface area (TPSA) is 58.4 Å². The van der Waals surface area contributed by atoms with Crippen LogP contribution in [0, 0.1) is 5.41 Å². The first-order valence-electron chi connectivity index (χ1n) is 4.71. The molecule has 13 heavy (non-hydrogen) atoms. The minimum Gasteiger partial charge on any atom is -0.327 e. The number of hydrazine groups is 1. The van der Waals surface area contributed by atoms with Gasteiger partial charge in [-0.15, -0.1) is 0 Å². The van der Waals surface area contributed by atoms with Crippen molar-refractivity contribution in [2.75, 3.05) is 14.1 Å². The first-order valence-corrected chi connectivity index (χ1v) is 4.71. The van der Waals surface area contributed by atoms with E-state index in [1.807, 2.05) is 21.0 Å². The van der Waals surface area contributed by atoms with E-state index in [0.717, 1.165) is 19.3 Å². The Kier molecular flexibility index (Phi) is 2.93. The van der Waals surface area contributed by atoms with Gasteiger partial charge in [0.15, 0.2) is 0 Å². The predicted octanol–water partition coefficient (Wildman–Crippen LogP) is 0.0967. The van der Waals surface area contributed by atoms with Gasteiger partial charge in [0.2, 0.25) is 5.91 Å². The lowest BCUT2D eigenvalue weighted by Crippen LogP contribution is -2.51. The highest BCUT2D eigenvalue weighted by Gasteiger charge is 2.43. The van der Waals surface area contributed by atoms with Gasteiger partial charge in [-0.1, -0.05) is 6.42 Å². The van der Waals surface area contributed by atoms with Gasteiger partial charge in [0.05, 0.1) is 5.41 Å². The highest BCUT2D eigenvalue weighted by Crippen LogP contribution is 2.36. The van der Waals surface area contributed by atoms with Crippen LogP contribution in [-0.4, -0.2) is 31.1 Å². The highest BCUT2D eigenvalue weighted by atomic mass is 16.2. The molecule has 0 bridgehead atoms. The molecule has 4 heteroatoms. The molecule has 4 nitrogen and oxygen atoms in total. The SMILES string of the molecule is CN(C)NC(=O)C1(C)CCCC1N. The van der Waals surface area contributed by atoms with E-state index < -0.39 is 0 Å². The molecule has 2 atom stereocenters. The summed E-state index contributed by atoms with van der Waals surface area (Å²) >= 11 is 0. The van der Waals surface area contributed by atoms with Gasteiger partial charge in [-0.2, -0.15) is 0 Å². The van der Waals surface area contributed by atoms with Gasteiger partial charge in [-0.05, 0) is 19.8 Å². The Bertz CT molecular complexity index is 205. The molecule has 3 N–H and O–H groups in total. The molecule has 1 amide bonds. The largest absolute Gasteiger partial charge is 0.327 e. The molecule has 1 saturated carbocycles. The predicted molar refractivity (Wildman–Crippen MR) is 51.8 cm³/mol. The van der Waals surface area contributed by atoms with Crippen LogP contribution in [0.1, 0.15) is 26.2 Å². The monoisotopic (exact) mass is 185 g/mol. The number of nitrogens with two attached hydrogens (primary N) is 1. The summed E-state index contributed by atoms with van der Waals surface area (Å²) in [5.41, 5.74) is 8.31. The maximum Gasteiger partial charge on any atom is 0.241 e. The summed E-state index contributed by atoms with van der Waals surface area (Å²) in [5.74, 6) is 0.0440. The number of rotatable bonds is 2. The highest BCUT2D eigenvalue weighted by molar-refractivity contribution is 5.82. The number of nitrogens with zero attached hydrogens (tertiary/aromatic N) is 1. The van der Waals surface area contributed by atoms with Crippen molar-refractivity contribution in [2.45, 2.75) is 32.2 Å². The molecule has 1 fully saturated rings. The third-order valence-electron chi connectivity index (χ3n) is 2.87. The lowest BCUT2D eigenvalue weighted by Gasteiger charge is -2.29. The summed E-state index contributed by atoms with van der Waals surface area (Å²) in [6.07, 6.45) is 2.91. The van der Waals surface area contributed by atoms with Crippen molar-refractivity contribution in [3.63, 3.8) is 0 Å². The first-order chi connectivity index (χ1) is 5.97. The van der Waals surface area contributed by atoms with Crippen molar-refractivity contribution in [2.24, 2.45) is 11.1 Å². The average molecular weight is 185 g/mol. The molecule has 0 aliphatic heterocycles. The van der Waals surface area contributed by atoms with Crippen molar-refractivity contribution in [3.05, 3.63) is 0 Å². The molecule has 1 rings (SSSR count). The molecule has 2 unspecified atom stereocenters. The van der Waals surface area contributed by atoms with E-state index in [0.29, 0.717) is 0 Å². The molecular formula is C9H19N3O. The molecule has 1 aliphatic rings. The summed E-state index contributed by atoms with van der Waals surface area (Å²) in [4.78, 5) is 11.8. The standard InChI is InChI=1S/C9H19N3O/c1-9(6-4-5-7(9)10)8(13)11-12(2)3/h7H,4-6,10H2,1-3H3,(H,11,13). The van der Waals surface area contributed by atoms with E-state index in [1.54, 1.807) is 5.01 Å². The third-order valence-corrected chi connectivity index (χ3v) is 2.87.